The summed E-state index contributed by atoms with van der Waals surface area (Å²) in [5.74, 6) is -0.562. The van der Waals surface area contributed by atoms with Gasteiger partial charge < -0.3 is 21.5 Å². The predicted molar refractivity (Wildman–Crippen MR) is 147 cm³/mol. The molecule has 3 aromatic heterocycles. The molecule has 5 N–H and O–H groups in total. The van der Waals surface area contributed by atoms with Crippen molar-refractivity contribution in [3.8, 4) is 28.4 Å². The van der Waals surface area contributed by atoms with Gasteiger partial charge in [0, 0.05) is 23.4 Å². The van der Waals surface area contributed by atoms with E-state index in [0.717, 1.165) is 44.6 Å². The van der Waals surface area contributed by atoms with Gasteiger partial charge in [-0.15, -0.1) is 49.6 Å². The molecule has 0 amide bonds. The second-order valence-electron chi connectivity index (χ2n) is 7.77. The van der Waals surface area contributed by atoms with Gasteiger partial charge in [0.2, 0.25) is 5.95 Å². The largest absolute Gasteiger partial charge is 0.506 e. The molecule has 0 spiro atoms. The number of aromatic hydroxyl groups is 1. The second-order valence-corrected chi connectivity index (χ2v) is 7.77. The van der Waals surface area contributed by atoms with Crippen molar-refractivity contribution in [3.63, 3.8) is 0 Å². The summed E-state index contributed by atoms with van der Waals surface area (Å²) in [5, 5.41) is 10.4. The first-order chi connectivity index (χ1) is 15.0. The molecule has 0 bridgehead atoms. The topological polar surface area (TPSA) is 127 Å². The van der Waals surface area contributed by atoms with E-state index in [4.69, 9.17) is 11.5 Å². The molecule has 1 saturated heterocycles. The third kappa shape index (κ3) is 7.41. The van der Waals surface area contributed by atoms with Gasteiger partial charge >= 0.3 is 0 Å². The Bertz CT molecular complexity index is 1100. The zero-order chi connectivity index (χ0) is 22.0. The molecule has 0 aromatic carbocycles. The molecule has 8 nitrogen and oxygen atoms in total. The summed E-state index contributed by atoms with van der Waals surface area (Å²) in [6.07, 6.45) is 4.52. The lowest BCUT2D eigenvalue weighted by Crippen LogP contribution is -2.33. The number of anilines is 2. The van der Waals surface area contributed by atoms with E-state index in [1.165, 1.54) is 24.4 Å². The third-order valence-corrected chi connectivity index (χ3v) is 5.62. The van der Waals surface area contributed by atoms with E-state index in [0.29, 0.717) is 11.4 Å². The normalized spacial score (nSPS) is 13.5. The van der Waals surface area contributed by atoms with E-state index in [9.17, 15) is 9.50 Å². The minimum absolute atomic E-state index is 0. The molecule has 0 saturated carbocycles. The highest BCUT2D eigenvalue weighted by atomic mass is 35.5. The van der Waals surface area contributed by atoms with Crippen molar-refractivity contribution < 1.29 is 9.50 Å². The molecule has 35 heavy (non-hydrogen) atoms. The quantitative estimate of drug-likeness (QED) is 0.397. The first-order valence-corrected chi connectivity index (χ1v) is 10.4. The van der Waals surface area contributed by atoms with Crippen LogP contribution in [-0.4, -0.2) is 49.6 Å². The van der Waals surface area contributed by atoms with Gasteiger partial charge in [0.05, 0.1) is 11.4 Å². The van der Waals surface area contributed by atoms with Crippen molar-refractivity contribution in [2.75, 3.05) is 31.1 Å². The Morgan fingerprint density at radius 3 is 2.34 bits per heavy atom. The number of piperidine rings is 1. The first-order valence-electron chi connectivity index (χ1n) is 10.4. The fourth-order valence-electron chi connectivity index (χ4n) is 4.03. The molecule has 0 unspecified atom stereocenters. The van der Waals surface area contributed by atoms with E-state index in [1.54, 1.807) is 0 Å². The summed E-state index contributed by atoms with van der Waals surface area (Å²) in [6.45, 7) is 5.31. The molecular weight excluding hydrogens is 539 g/mol. The second kappa shape index (κ2) is 14.4. The van der Waals surface area contributed by atoms with Gasteiger partial charge in [0.1, 0.15) is 11.4 Å². The summed E-state index contributed by atoms with van der Waals surface area (Å²) in [7, 11) is 0. The number of hydrogen-bond acceptors (Lipinski definition) is 8. The van der Waals surface area contributed by atoms with Crippen molar-refractivity contribution in [1.82, 2.24) is 24.8 Å². The van der Waals surface area contributed by atoms with Crippen molar-refractivity contribution in [1.29, 1.82) is 0 Å². The fourth-order valence-corrected chi connectivity index (χ4v) is 4.03. The summed E-state index contributed by atoms with van der Waals surface area (Å²) in [6, 6.07) is 6.28. The van der Waals surface area contributed by atoms with Crippen LogP contribution in [0.25, 0.3) is 22.6 Å². The summed E-state index contributed by atoms with van der Waals surface area (Å²) in [4.78, 5) is 19.4. The lowest BCUT2D eigenvalue weighted by atomic mass is 9.92. The van der Waals surface area contributed by atoms with Gasteiger partial charge in [0.25, 0.3) is 0 Å². The number of pyridine rings is 2. The van der Waals surface area contributed by atoms with E-state index >= 15 is 0 Å². The molecule has 1 fully saturated rings. The molecule has 4 rings (SSSR count). The Labute approximate surface area is 228 Å². The Morgan fingerprint density at radius 2 is 1.69 bits per heavy atom. The van der Waals surface area contributed by atoms with Crippen molar-refractivity contribution in [2.45, 2.75) is 32.1 Å². The highest BCUT2D eigenvalue weighted by Gasteiger charge is 2.23. The summed E-state index contributed by atoms with van der Waals surface area (Å²) in [5.41, 5.74) is 13.5. The van der Waals surface area contributed by atoms with Crippen LogP contribution in [0.4, 0.5) is 16.2 Å². The highest BCUT2D eigenvalue weighted by molar-refractivity contribution is 5.86. The van der Waals surface area contributed by atoms with Crippen molar-refractivity contribution >= 4 is 61.4 Å². The molecule has 194 valence electrons. The van der Waals surface area contributed by atoms with E-state index in [-0.39, 0.29) is 84.3 Å². The third-order valence-electron chi connectivity index (χ3n) is 5.62. The average molecular weight is 569 g/mol. The molecule has 4 heterocycles. The van der Waals surface area contributed by atoms with Gasteiger partial charge in [0.15, 0.2) is 11.6 Å². The Kier molecular flexibility index (Phi) is 13.5. The van der Waals surface area contributed by atoms with Crippen LogP contribution >= 0.6 is 49.6 Å². The Morgan fingerprint density at radius 1 is 1.00 bits per heavy atom. The number of halogens is 5. The molecule has 13 heteroatoms. The molecule has 0 radical (unpaired) electrons. The van der Waals surface area contributed by atoms with Crippen LogP contribution in [0.1, 0.15) is 37.8 Å². The van der Waals surface area contributed by atoms with Gasteiger partial charge in [-0.05, 0) is 63.2 Å². The molecule has 0 aliphatic carbocycles. The number of rotatable bonds is 5. The minimum atomic E-state index is -0.659. The lowest BCUT2D eigenvalue weighted by molar-refractivity contribution is 0.211. The van der Waals surface area contributed by atoms with Gasteiger partial charge in [-0.1, -0.05) is 6.92 Å². The number of likely N-dealkylation sites (tertiary alicyclic amines) is 1. The maximum absolute atomic E-state index is 14.4. The van der Waals surface area contributed by atoms with E-state index in [2.05, 4.69) is 31.8 Å². The van der Waals surface area contributed by atoms with Crippen LogP contribution in [0.15, 0.2) is 30.5 Å². The van der Waals surface area contributed by atoms with E-state index in [1.807, 2.05) is 6.07 Å². The maximum Gasteiger partial charge on any atom is 0.220 e. The number of nitrogens with zero attached hydrogens (tertiary/aromatic N) is 5. The first kappa shape index (κ1) is 32.8. The summed E-state index contributed by atoms with van der Waals surface area (Å²) < 4.78 is 14.4. The van der Waals surface area contributed by atoms with Crippen LogP contribution < -0.4 is 11.5 Å². The average Bonchev–Trinajstić information content (AvgIpc) is 2.76. The van der Waals surface area contributed by atoms with Gasteiger partial charge in [-0.3, -0.25) is 0 Å². The maximum atomic E-state index is 14.4. The standard InChI is InChI=1S/C22H26FN7O.4ClH/c1-2-9-30-10-6-13(7-11-30)16-12-17(29-22(25)28-16)20-18(31)4-3-15(27-20)14-5-8-26-21(24)19(14)23;;;;/h3-5,8,12-13,31H,2,6-7,9-11H2,1H3,(H2,24,26)(H2,25,28,29);4*1H. The fraction of sp³-hybridized carbons (Fsp3) is 0.364. The SMILES string of the molecule is CCCN1CCC(c2cc(-c3nc(-c4ccnc(N)c4F)ccc3O)nc(N)n2)CC1.Cl.Cl.Cl.Cl. The zero-order valence-corrected chi connectivity index (χ0v) is 22.3. The Hall–Kier alpha value is -2.17. The van der Waals surface area contributed by atoms with Gasteiger partial charge in [-0.25, -0.2) is 24.3 Å². The van der Waals surface area contributed by atoms with Crippen LogP contribution in [0.2, 0.25) is 0 Å². The van der Waals surface area contributed by atoms with Crippen LogP contribution in [0, 0.1) is 5.82 Å². The van der Waals surface area contributed by atoms with Crippen molar-refractivity contribution in [3.05, 3.63) is 42.0 Å². The molecule has 1 aliphatic heterocycles. The van der Waals surface area contributed by atoms with Crippen LogP contribution in [0.5, 0.6) is 5.75 Å². The zero-order valence-electron chi connectivity index (χ0n) is 19.1. The number of nitrogen functional groups attached to an aromatic ring is 2. The number of nitrogens with two attached hydrogens (primary N) is 2. The molecule has 1 aliphatic rings. The predicted octanol–water partition coefficient (Wildman–Crippen LogP) is 4.89. The monoisotopic (exact) mass is 567 g/mol. The molecule has 0 atom stereocenters. The van der Waals surface area contributed by atoms with Gasteiger partial charge in [-0.2, -0.15) is 0 Å². The molecular formula is C22H30Cl4FN7O. The molecule has 3 aromatic rings. The number of aromatic nitrogens is 4. The van der Waals surface area contributed by atoms with Crippen LogP contribution in [0.3, 0.4) is 0 Å². The lowest BCUT2D eigenvalue weighted by Gasteiger charge is -2.31. The smallest absolute Gasteiger partial charge is 0.220 e. The Balaban J connectivity index is 0.00000289. The highest BCUT2D eigenvalue weighted by Crippen LogP contribution is 2.34. The number of hydrogen-bond donors (Lipinski definition) is 3. The minimum Gasteiger partial charge on any atom is -0.506 e. The van der Waals surface area contributed by atoms with Crippen molar-refractivity contribution in [2.24, 2.45) is 0 Å². The van der Waals surface area contributed by atoms with E-state index < -0.39 is 5.82 Å². The summed E-state index contributed by atoms with van der Waals surface area (Å²) >= 11 is 0. The van der Waals surface area contributed by atoms with Crippen LogP contribution in [-0.2, 0) is 0 Å².